The van der Waals surface area contributed by atoms with E-state index in [1.54, 1.807) is 7.11 Å². The van der Waals surface area contributed by atoms with Crippen LogP contribution in [0.25, 0.3) is 5.69 Å². The Morgan fingerprint density at radius 3 is 2.83 bits per heavy atom. The third-order valence-corrected chi connectivity index (χ3v) is 4.29. The number of nitrogens with zero attached hydrogens (tertiary/aromatic N) is 3. The quantitative estimate of drug-likeness (QED) is 0.620. The molecule has 2 aromatic rings. The zero-order valence-electron chi connectivity index (χ0n) is 13.9. The summed E-state index contributed by atoms with van der Waals surface area (Å²) in [5.41, 5.74) is 3.37. The molecule has 124 valence electrons. The summed E-state index contributed by atoms with van der Waals surface area (Å²) in [6.07, 6.45) is 0. The minimum atomic E-state index is -0.0415. The number of benzene rings is 1. The maximum absolute atomic E-state index is 11.8. The highest BCUT2D eigenvalue weighted by Crippen LogP contribution is 2.24. The summed E-state index contributed by atoms with van der Waals surface area (Å²) in [4.78, 5) is 11.8. The molecule has 0 aliphatic rings. The number of amides is 1. The van der Waals surface area contributed by atoms with Crippen LogP contribution in [0.2, 0.25) is 0 Å². The average molecular weight is 334 g/mol. The first kappa shape index (κ1) is 17.5. The maximum atomic E-state index is 11.8. The van der Waals surface area contributed by atoms with Crippen LogP contribution in [0.3, 0.4) is 0 Å². The molecule has 23 heavy (non-hydrogen) atoms. The van der Waals surface area contributed by atoms with Gasteiger partial charge in [0.1, 0.15) is 5.82 Å². The number of ether oxygens (including phenoxy) is 1. The second kappa shape index (κ2) is 8.12. The molecular formula is C16H22N4O2S. The zero-order chi connectivity index (χ0) is 16.8. The van der Waals surface area contributed by atoms with Crippen LogP contribution in [0.5, 0.6) is 0 Å². The molecule has 0 fully saturated rings. The SMILES string of the molecule is COCCNC(=O)CSc1nnc(C)n1-c1cc(C)ccc1C. The van der Waals surface area contributed by atoms with E-state index in [9.17, 15) is 4.79 Å². The molecule has 6 nitrogen and oxygen atoms in total. The number of methoxy groups -OCH3 is 1. The van der Waals surface area contributed by atoms with Crippen molar-refractivity contribution in [3.8, 4) is 5.69 Å². The van der Waals surface area contributed by atoms with Crippen LogP contribution in [-0.4, -0.2) is 46.7 Å². The maximum Gasteiger partial charge on any atom is 0.230 e. The summed E-state index contributed by atoms with van der Waals surface area (Å²) >= 11 is 1.38. The van der Waals surface area contributed by atoms with E-state index >= 15 is 0 Å². The Morgan fingerprint density at radius 2 is 2.09 bits per heavy atom. The van der Waals surface area contributed by atoms with Crippen molar-refractivity contribution >= 4 is 17.7 Å². The number of carbonyl (C=O) groups is 1. The summed E-state index contributed by atoms with van der Waals surface area (Å²) in [5.74, 6) is 1.06. The monoisotopic (exact) mass is 334 g/mol. The number of thioether (sulfide) groups is 1. The molecule has 1 aromatic heterocycles. The van der Waals surface area contributed by atoms with Gasteiger partial charge in [-0.3, -0.25) is 9.36 Å². The zero-order valence-corrected chi connectivity index (χ0v) is 14.7. The fourth-order valence-electron chi connectivity index (χ4n) is 2.15. The smallest absolute Gasteiger partial charge is 0.230 e. The number of rotatable bonds is 7. The van der Waals surface area contributed by atoms with Gasteiger partial charge in [0.15, 0.2) is 5.16 Å². The number of aromatic nitrogens is 3. The highest BCUT2D eigenvalue weighted by molar-refractivity contribution is 7.99. The summed E-state index contributed by atoms with van der Waals surface area (Å²) < 4.78 is 6.91. The van der Waals surface area contributed by atoms with Gasteiger partial charge in [-0.15, -0.1) is 10.2 Å². The summed E-state index contributed by atoms with van der Waals surface area (Å²) in [6.45, 7) is 7.04. The number of hydrogen-bond acceptors (Lipinski definition) is 5. The number of aryl methyl sites for hydroxylation is 3. The molecule has 7 heteroatoms. The van der Waals surface area contributed by atoms with Crippen molar-refractivity contribution in [1.29, 1.82) is 0 Å². The Balaban J connectivity index is 2.13. The first-order valence-corrected chi connectivity index (χ1v) is 8.39. The van der Waals surface area contributed by atoms with E-state index in [4.69, 9.17) is 4.74 Å². The van der Waals surface area contributed by atoms with Crippen molar-refractivity contribution in [2.75, 3.05) is 26.0 Å². The van der Waals surface area contributed by atoms with Crippen LogP contribution < -0.4 is 5.32 Å². The highest BCUT2D eigenvalue weighted by Gasteiger charge is 2.14. The van der Waals surface area contributed by atoms with E-state index in [1.807, 2.05) is 11.5 Å². The third kappa shape index (κ3) is 4.56. The van der Waals surface area contributed by atoms with Crippen LogP contribution in [0, 0.1) is 20.8 Å². The van der Waals surface area contributed by atoms with Crippen LogP contribution in [0.1, 0.15) is 17.0 Å². The Kier molecular flexibility index (Phi) is 6.18. The summed E-state index contributed by atoms with van der Waals surface area (Å²) in [6, 6.07) is 6.26. The minimum absolute atomic E-state index is 0.0415. The molecule has 0 atom stereocenters. The predicted molar refractivity (Wildman–Crippen MR) is 91.2 cm³/mol. The van der Waals surface area contributed by atoms with Gasteiger partial charge in [0.05, 0.1) is 18.0 Å². The fourth-order valence-corrected chi connectivity index (χ4v) is 2.97. The first-order chi connectivity index (χ1) is 11.0. The van der Waals surface area contributed by atoms with Crippen LogP contribution >= 0.6 is 11.8 Å². The Labute approximate surface area is 140 Å². The highest BCUT2D eigenvalue weighted by atomic mass is 32.2. The summed E-state index contributed by atoms with van der Waals surface area (Å²) in [7, 11) is 1.61. The molecule has 0 radical (unpaired) electrons. The number of carbonyl (C=O) groups excluding carboxylic acids is 1. The lowest BCUT2D eigenvalue weighted by atomic mass is 10.1. The standard InChI is InChI=1S/C16H22N4O2S/c1-11-5-6-12(2)14(9-11)20-13(3)18-19-16(20)23-10-15(21)17-7-8-22-4/h5-6,9H,7-8,10H2,1-4H3,(H,17,21). The van der Waals surface area contributed by atoms with Crippen molar-refractivity contribution in [3.05, 3.63) is 35.2 Å². The first-order valence-electron chi connectivity index (χ1n) is 7.41. The van der Waals surface area contributed by atoms with Crippen molar-refractivity contribution < 1.29 is 9.53 Å². The molecule has 2 rings (SSSR count). The van der Waals surface area contributed by atoms with Gasteiger partial charge in [-0.2, -0.15) is 0 Å². The minimum Gasteiger partial charge on any atom is -0.383 e. The topological polar surface area (TPSA) is 69.0 Å². The third-order valence-electron chi connectivity index (χ3n) is 3.36. The lowest BCUT2D eigenvalue weighted by Crippen LogP contribution is -2.28. The predicted octanol–water partition coefficient (Wildman–Crippen LogP) is 2.05. The van der Waals surface area contributed by atoms with Crippen molar-refractivity contribution in [2.45, 2.75) is 25.9 Å². The van der Waals surface area contributed by atoms with E-state index in [2.05, 4.69) is 47.6 Å². The Morgan fingerprint density at radius 1 is 1.30 bits per heavy atom. The van der Waals surface area contributed by atoms with Crippen molar-refractivity contribution in [3.63, 3.8) is 0 Å². The molecule has 0 aliphatic heterocycles. The van der Waals surface area contributed by atoms with Gasteiger partial charge < -0.3 is 10.1 Å². The second-order valence-electron chi connectivity index (χ2n) is 5.29. The molecule has 0 saturated carbocycles. The lowest BCUT2D eigenvalue weighted by molar-refractivity contribution is -0.118. The van der Waals surface area contributed by atoms with Gasteiger partial charge in [0, 0.05) is 13.7 Å². The Bertz CT molecular complexity index is 685. The largest absolute Gasteiger partial charge is 0.383 e. The molecule has 0 saturated heterocycles. The van der Waals surface area contributed by atoms with Crippen molar-refractivity contribution in [2.24, 2.45) is 0 Å². The van der Waals surface area contributed by atoms with E-state index in [-0.39, 0.29) is 5.91 Å². The van der Waals surface area contributed by atoms with E-state index in [0.29, 0.717) is 18.9 Å². The molecule has 1 heterocycles. The van der Waals surface area contributed by atoms with Gasteiger partial charge in [-0.1, -0.05) is 23.9 Å². The molecule has 0 aliphatic carbocycles. The number of hydrogen-bond donors (Lipinski definition) is 1. The van der Waals surface area contributed by atoms with Crippen molar-refractivity contribution in [1.82, 2.24) is 20.1 Å². The molecule has 1 amide bonds. The van der Waals surface area contributed by atoms with Crippen LogP contribution in [-0.2, 0) is 9.53 Å². The molecule has 1 aromatic carbocycles. The summed E-state index contributed by atoms with van der Waals surface area (Å²) in [5, 5.41) is 11.9. The molecule has 1 N–H and O–H groups in total. The van der Waals surface area contributed by atoms with Crippen LogP contribution in [0.4, 0.5) is 0 Å². The molecule has 0 unspecified atom stereocenters. The average Bonchev–Trinajstić information content (AvgIpc) is 2.89. The van der Waals surface area contributed by atoms with Crippen LogP contribution in [0.15, 0.2) is 23.4 Å². The molecule has 0 bridgehead atoms. The second-order valence-corrected chi connectivity index (χ2v) is 6.23. The normalized spacial score (nSPS) is 10.8. The van der Waals surface area contributed by atoms with Gasteiger partial charge in [-0.05, 0) is 38.0 Å². The fraction of sp³-hybridized carbons (Fsp3) is 0.438. The number of nitrogens with one attached hydrogen (secondary N) is 1. The van der Waals surface area contributed by atoms with Gasteiger partial charge in [0.2, 0.25) is 5.91 Å². The van der Waals surface area contributed by atoms with Gasteiger partial charge >= 0.3 is 0 Å². The van der Waals surface area contributed by atoms with Gasteiger partial charge in [-0.25, -0.2) is 0 Å². The van der Waals surface area contributed by atoms with E-state index in [1.165, 1.54) is 17.3 Å². The lowest BCUT2D eigenvalue weighted by Gasteiger charge is -2.12. The van der Waals surface area contributed by atoms with E-state index in [0.717, 1.165) is 22.2 Å². The molecule has 0 spiro atoms. The Hall–Kier alpha value is -1.86. The van der Waals surface area contributed by atoms with Gasteiger partial charge in [0.25, 0.3) is 0 Å². The molecular weight excluding hydrogens is 312 g/mol. The van der Waals surface area contributed by atoms with E-state index < -0.39 is 0 Å².